The van der Waals surface area contributed by atoms with Gasteiger partial charge in [-0.15, -0.1) is 0 Å². The molecule has 0 aromatic rings. The lowest BCUT2D eigenvalue weighted by molar-refractivity contribution is -0.159. The Kier molecular flexibility index (Phi) is 11.8. The van der Waals surface area contributed by atoms with Gasteiger partial charge in [-0.1, -0.05) is 41.5 Å². The molecule has 0 radical (unpaired) electrons. The van der Waals surface area contributed by atoms with E-state index in [1.807, 2.05) is 50.3 Å². The Morgan fingerprint density at radius 1 is 0.731 bits per heavy atom. The Balaban J connectivity index is 4.76. The summed E-state index contributed by atoms with van der Waals surface area (Å²) in [7, 11) is 0. The summed E-state index contributed by atoms with van der Waals surface area (Å²) in [5.41, 5.74) is 0. The van der Waals surface area contributed by atoms with E-state index in [0.29, 0.717) is 0 Å². The highest BCUT2D eigenvalue weighted by molar-refractivity contribution is 14.1. The van der Waals surface area contributed by atoms with Gasteiger partial charge in [0, 0.05) is 0 Å². The van der Waals surface area contributed by atoms with Crippen LogP contribution in [0.25, 0.3) is 0 Å². The summed E-state index contributed by atoms with van der Waals surface area (Å²) in [4.78, 5) is 35.7. The number of esters is 2. The van der Waals surface area contributed by atoms with Gasteiger partial charge in [0.15, 0.2) is 10.2 Å². The lowest BCUT2D eigenvalue weighted by atomic mass is 9.98. The van der Waals surface area contributed by atoms with Crippen molar-refractivity contribution in [1.29, 1.82) is 0 Å². The number of alkyl halides is 1. The highest BCUT2D eigenvalue weighted by atomic mass is 127. The van der Waals surface area contributed by atoms with Crippen LogP contribution in [0.4, 0.5) is 4.79 Å². The molecule has 0 rings (SSSR count). The second kappa shape index (κ2) is 12.3. The lowest BCUT2D eigenvalue weighted by Crippen LogP contribution is -2.34. The molecule has 0 amide bonds. The van der Waals surface area contributed by atoms with Crippen molar-refractivity contribution in [2.24, 2.45) is 23.7 Å². The minimum Gasteiger partial charge on any atom is -0.461 e. The van der Waals surface area contributed by atoms with Crippen LogP contribution in [0.3, 0.4) is 0 Å². The summed E-state index contributed by atoms with van der Waals surface area (Å²) in [5.74, 6) is -1.13. The third-order valence-corrected chi connectivity index (χ3v) is 4.34. The lowest BCUT2D eigenvalue weighted by Gasteiger charge is -2.21. The average molecular weight is 486 g/mol. The summed E-state index contributed by atoms with van der Waals surface area (Å²) < 4.78 is 20.1. The summed E-state index contributed by atoms with van der Waals surface area (Å²) >= 11 is 1.91. The van der Waals surface area contributed by atoms with E-state index in [2.05, 4.69) is 0 Å². The molecule has 0 aromatic heterocycles. The van der Waals surface area contributed by atoms with Crippen LogP contribution in [-0.2, 0) is 28.5 Å². The first kappa shape index (κ1) is 24.9. The number of carbonyl (C=O) groups is 3. The Morgan fingerprint density at radius 3 is 1.42 bits per heavy atom. The molecule has 0 spiro atoms. The molecule has 8 heteroatoms. The van der Waals surface area contributed by atoms with E-state index in [4.69, 9.17) is 18.9 Å². The zero-order chi connectivity index (χ0) is 20.4. The summed E-state index contributed by atoms with van der Waals surface area (Å²) in [6.07, 6.45) is -1.83. The quantitative estimate of drug-likeness (QED) is 0.200. The second-order valence-electron chi connectivity index (χ2n) is 6.98. The molecule has 0 aromatic carbocycles. The highest BCUT2D eigenvalue weighted by Crippen LogP contribution is 2.14. The number of halogens is 1. The van der Waals surface area contributed by atoms with Crippen molar-refractivity contribution in [3.8, 4) is 0 Å². The topological polar surface area (TPSA) is 88.1 Å². The molecule has 0 fully saturated rings. The molecule has 152 valence electrons. The first-order chi connectivity index (χ1) is 12.0. The number of ether oxygens (including phenoxy) is 4. The molecule has 0 aliphatic rings. The molecular weight excluding hydrogens is 455 g/mol. The third kappa shape index (κ3) is 10.2. The molecular formula is C18H31IO7. The van der Waals surface area contributed by atoms with E-state index >= 15 is 0 Å². The van der Waals surface area contributed by atoms with Gasteiger partial charge in [-0.3, -0.25) is 9.59 Å². The molecule has 1 unspecified atom stereocenters. The van der Waals surface area contributed by atoms with Gasteiger partial charge in [0.25, 0.3) is 0 Å². The maximum atomic E-state index is 12.0. The zero-order valence-electron chi connectivity index (χ0n) is 16.6. The maximum Gasteiger partial charge on any atom is 0.509 e. The maximum absolute atomic E-state index is 12.0. The monoisotopic (exact) mass is 486 g/mol. The van der Waals surface area contributed by atoms with Crippen LogP contribution in [0.5, 0.6) is 0 Å². The molecule has 0 bridgehead atoms. The largest absolute Gasteiger partial charge is 0.509 e. The van der Waals surface area contributed by atoms with Gasteiger partial charge in [-0.05, 0) is 41.4 Å². The van der Waals surface area contributed by atoms with Gasteiger partial charge in [-0.25, -0.2) is 4.79 Å². The van der Waals surface area contributed by atoms with Crippen molar-refractivity contribution in [2.45, 2.75) is 58.7 Å². The van der Waals surface area contributed by atoms with E-state index in [-0.39, 0.29) is 41.0 Å². The van der Waals surface area contributed by atoms with Crippen molar-refractivity contribution in [1.82, 2.24) is 0 Å². The van der Waals surface area contributed by atoms with Crippen LogP contribution < -0.4 is 0 Å². The Bertz CT molecular complexity index is 432. The molecule has 0 aliphatic heterocycles. The standard InChI is InChI=1S/C18H31IO7/c1-10(2)12(5)16(20)23-8-15(26-18(22)25-14(7)19)9-24-17(21)13(6)11(3)4/h10-15H,8-9H2,1-7H3/t12-,13-,14?/m0/s1. The second-order valence-corrected chi connectivity index (χ2v) is 8.73. The SMILES string of the molecule is CC(I)OC(=O)OC(COC(=O)[C@@H](C)C(C)C)COC(=O)[C@@H](C)C(C)C. The Hall–Kier alpha value is -1.06. The molecule has 3 atom stereocenters. The highest BCUT2D eigenvalue weighted by Gasteiger charge is 2.25. The van der Waals surface area contributed by atoms with Crippen molar-refractivity contribution in [3.05, 3.63) is 0 Å². The van der Waals surface area contributed by atoms with Crippen LogP contribution in [0.15, 0.2) is 0 Å². The van der Waals surface area contributed by atoms with Crippen LogP contribution in [0.2, 0.25) is 0 Å². The molecule has 7 nitrogen and oxygen atoms in total. The fourth-order valence-corrected chi connectivity index (χ4v) is 1.78. The minimum absolute atomic E-state index is 0.122. The number of carbonyl (C=O) groups excluding carboxylic acids is 3. The predicted octanol–water partition coefficient (Wildman–Crippen LogP) is 3.96. The van der Waals surface area contributed by atoms with Crippen LogP contribution in [0.1, 0.15) is 48.5 Å². The van der Waals surface area contributed by atoms with Crippen LogP contribution >= 0.6 is 22.6 Å². The van der Waals surface area contributed by atoms with E-state index in [9.17, 15) is 14.4 Å². The van der Waals surface area contributed by atoms with E-state index in [1.54, 1.807) is 20.8 Å². The fraction of sp³-hybridized carbons (Fsp3) is 0.833. The molecule has 0 saturated carbocycles. The van der Waals surface area contributed by atoms with E-state index in [0.717, 1.165) is 0 Å². The molecule has 0 aliphatic carbocycles. The normalized spacial score (nSPS) is 14.7. The summed E-state index contributed by atoms with van der Waals surface area (Å²) in [6, 6.07) is 0. The third-order valence-electron chi connectivity index (χ3n) is 4.09. The fourth-order valence-electron chi connectivity index (χ4n) is 1.57. The zero-order valence-corrected chi connectivity index (χ0v) is 18.8. The van der Waals surface area contributed by atoms with E-state index < -0.39 is 24.2 Å². The van der Waals surface area contributed by atoms with Gasteiger partial charge in [0.2, 0.25) is 0 Å². The Morgan fingerprint density at radius 2 is 1.12 bits per heavy atom. The van der Waals surface area contributed by atoms with Gasteiger partial charge in [-0.2, -0.15) is 0 Å². The van der Waals surface area contributed by atoms with Crippen LogP contribution in [-0.4, -0.2) is 41.5 Å². The molecule has 0 saturated heterocycles. The molecule has 26 heavy (non-hydrogen) atoms. The first-order valence-corrected chi connectivity index (χ1v) is 10.0. The number of hydrogen-bond donors (Lipinski definition) is 0. The van der Waals surface area contributed by atoms with E-state index in [1.165, 1.54) is 0 Å². The molecule has 0 heterocycles. The van der Waals surface area contributed by atoms with Crippen molar-refractivity contribution in [3.63, 3.8) is 0 Å². The first-order valence-electron chi connectivity index (χ1n) is 8.80. The smallest absolute Gasteiger partial charge is 0.461 e. The summed E-state index contributed by atoms with van der Waals surface area (Å²) in [5, 5.41) is 0. The number of rotatable bonds is 10. The van der Waals surface area contributed by atoms with Crippen molar-refractivity contribution < 1.29 is 33.3 Å². The molecule has 0 N–H and O–H groups in total. The van der Waals surface area contributed by atoms with Crippen molar-refractivity contribution in [2.75, 3.05) is 13.2 Å². The van der Waals surface area contributed by atoms with Crippen LogP contribution in [0, 0.1) is 23.7 Å². The van der Waals surface area contributed by atoms with Gasteiger partial charge in [0.1, 0.15) is 13.2 Å². The van der Waals surface area contributed by atoms with Gasteiger partial charge < -0.3 is 18.9 Å². The number of hydrogen-bond acceptors (Lipinski definition) is 7. The van der Waals surface area contributed by atoms with Crippen molar-refractivity contribution >= 4 is 40.7 Å². The predicted molar refractivity (Wildman–Crippen MR) is 105 cm³/mol. The minimum atomic E-state index is -0.927. The Labute approximate surface area is 169 Å². The summed E-state index contributed by atoms with van der Waals surface area (Å²) in [6.45, 7) is 12.4. The van der Waals surface area contributed by atoms with Gasteiger partial charge in [0.05, 0.1) is 11.8 Å². The van der Waals surface area contributed by atoms with Gasteiger partial charge >= 0.3 is 18.1 Å². The average Bonchev–Trinajstić information content (AvgIpc) is 2.53.